The summed E-state index contributed by atoms with van der Waals surface area (Å²) in [6.45, 7) is 2.95. The number of esters is 1. The van der Waals surface area contributed by atoms with Crippen molar-refractivity contribution in [2.75, 3.05) is 13.7 Å². The summed E-state index contributed by atoms with van der Waals surface area (Å²) >= 11 is 1.01. The Balaban J connectivity index is 3.15. The van der Waals surface area contributed by atoms with Crippen LogP contribution in [-0.4, -0.2) is 39.3 Å². The summed E-state index contributed by atoms with van der Waals surface area (Å²) in [5.41, 5.74) is 0.471. The molecule has 0 amide bonds. The van der Waals surface area contributed by atoms with Gasteiger partial charge in [-0.25, -0.2) is 17.9 Å². The van der Waals surface area contributed by atoms with E-state index in [1.807, 2.05) is 0 Å². The lowest BCUT2D eigenvalue weighted by atomic mass is 10.3. The molecule has 0 saturated carbocycles. The highest BCUT2D eigenvalue weighted by Gasteiger charge is 2.27. The summed E-state index contributed by atoms with van der Waals surface area (Å²) in [5, 5.41) is 10.7. The Bertz CT molecular complexity index is 532. The number of hydrogen-bond donors (Lipinski definition) is 2. The van der Waals surface area contributed by atoms with Gasteiger partial charge in [0.05, 0.1) is 13.2 Å². The number of hydrogen-bond acceptors (Lipinski definition) is 6. The van der Waals surface area contributed by atoms with Gasteiger partial charge in [0, 0.05) is 6.54 Å². The van der Waals surface area contributed by atoms with E-state index in [-0.39, 0.29) is 16.3 Å². The number of aliphatic hydroxyl groups is 1. The predicted octanol–water partition coefficient (Wildman–Crippen LogP) is 0.502. The summed E-state index contributed by atoms with van der Waals surface area (Å²) in [4.78, 5) is 11.4. The van der Waals surface area contributed by atoms with Crippen molar-refractivity contribution in [2.24, 2.45) is 0 Å². The van der Waals surface area contributed by atoms with Crippen LogP contribution in [0, 0.1) is 6.92 Å². The highest BCUT2D eigenvalue weighted by Crippen LogP contribution is 2.27. The Morgan fingerprint density at radius 3 is 2.72 bits per heavy atom. The first-order valence-electron chi connectivity index (χ1n) is 5.13. The Hall–Kier alpha value is -0.960. The molecule has 1 atom stereocenters. The molecule has 0 radical (unpaired) electrons. The van der Waals surface area contributed by atoms with Crippen molar-refractivity contribution in [3.63, 3.8) is 0 Å². The lowest BCUT2D eigenvalue weighted by Gasteiger charge is -2.09. The molecule has 1 aromatic rings. The minimum absolute atomic E-state index is 0.0353. The predicted molar refractivity (Wildman–Crippen MR) is 67.3 cm³/mol. The maximum absolute atomic E-state index is 12.0. The van der Waals surface area contributed by atoms with E-state index in [0.29, 0.717) is 5.56 Å². The van der Waals surface area contributed by atoms with Crippen LogP contribution in [0.25, 0.3) is 0 Å². The molecule has 0 bridgehead atoms. The number of rotatable bonds is 5. The van der Waals surface area contributed by atoms with E-state index < -0.39 is 22.1 Å². The van der Waals surface area contributed by atoms with Crippen molar-refractivity contribution in [1.82, 2.24) is 4.72 Å². The second-order valence-corrected chi connectivity index (χ2v) is 6.35. The fraction of sp³-hybridized carbons (Fsp3) is 0.500. The summed E-state index contributed by atoms with van der Waals surface area (Å²) in [6, 6.07) is 0. The molecular formula is C10H15NO5S2. The number of aryl methyl sites for hydroxylation is 1. The first-order chi connectivity index (χ1) is 8.29. The zero-order valence-electron chi connectivity index (χ0n) is 10.3. The average Bonchev–Trinajstić information content (AvgIpc) is 2.68. The van der Waals surface area contributed by atoms with E-state index >= 15 is 0 Å². The van der Waals surface area contributed by atoms with E-state index in [2.05, 4.69) is 9.46 Å². The standard InChI is InChI=1S/C10H15NO5S2/c1-6-5-17-8(10(13)16-3)9(6)18(14,15)11-4-7(2)12/h5,7,11-12H,4H2,1-3H3/t7-/m0/s1. The maximum Gasteiger partial charge on any atom is 0.349 e. The minimum atomic E-state index is -3.83. The van der Waals surface area contributed by atoms with Crippen LogP contribution in [0.1, 0.15) is 22.2 Å². The van der Waals surface area contributed by atoms with E-state index in [9.17, 15) is 13.2 Å². The van der Waals surface area contributed by atoms with Crippen LogP contribution in [0.2, 0.25) is 0 Å². The molecule has 1 heterocycles. The third-order valence-corrected chi connectivity index (χ3v) is 4.94. The van der Waals surface area contributed by atoms with Gasteiger partial charge in [0.1, 0.15) is 9.77 Å². The summed E-state index contributed by atoms with van der Waals surface area (Å²) in [6.07, 6.45) is -0.805. The van der Waals surface area contributed by atoms with Gasteiger partial charge in [-0.05, 0) is 24.8 Å². The molecule has 18 heavy (non-hydrogen) atoms. The van der Waals surface area contributed by atoms with Crippen molar-refractivity contribution >= 4 is 27.3 Å². The molecule has 0 saturated heterocycles. The van der Waals surface area contributed by atoms with E-state index in [4.69, 9.17) is 5.11 Å². The number of sulfonamides is 1. The van der Waals surface area contributed by atoms with Crippen molar-refractivity contribution in [3.8, 4) is 0 Å². The van der Waals surface area contributed by atoms with Crippen LogP contribution in [0.15, 0.2) is 10.3 Å². The van der Waals surface area contributed by atoms with E-state index in [1.165, 1.54) is 14.0 Å². The topological polar surface area (TPSA) is 92.7 Å². The highest BCUT2D eigenvalue weighted by atomic mass is 32.2. The van der Waals surface area contributed by atoms with Crippen LogP contribution in [0.3, 0.4) is 0 Å². The highest BCUT2D eigenvalue weighted by molar-refractivity contribution is 7.89. The van der Waals surface area contributed by atoms with Crippen molar-refractivity contribution < 1.29 is 23.1 Å². The Morgan fingerprint density at radius 1 is 1.61 bits per heavy atom. The first kappa shape index (κ1) is 15.1. The Labute approximate surface area is 110 Å². The number of nitrogens with one attached hydrogen (secondary N) is 1. The molecule has 102 valence electrons. The molecular weight excluding hydrogens is 278 g/mol. The molecule has 0 spiro atoms. The van der Waals surface area contributed by atoms with Gasteiger partial charge in [-0.15, -0.1) is 11.3 Å². The number of aliphatic hydroxyl groups excluding tert-OH is 1. The minimum Gasteiger partial charge on any atom is -0.465 e. The van der Waals surface area contributed by atoms with Crippen molar-refractivity contribution in [3.05, 3.63) is 15.8 Å². The van der Waals surface area contributed by atoms with E-state index in [0.717, 1.165) is 11.3 Å². The van der Waals surface area contributed by atoms with Gasteiger partial charge in [0.25, 0.3) is 0 Å². The molecule has 6 nitrogen and oxygen atoms in total. The zero-order valence-corrected chi connectivity index (χ0v) is 11.9. The molecule has 0 aliphatic carbocycles. The molecule has 0 unspecified atom stereocenters. The second-order valence-electron chi connectivity index (χ2n) is 3.77. The van der Waals surface area contributed by atoms with Crippen LogP contribution in [0.5, 0.6) is 0 Å². The quantitative estimate of drug-likeness (QED) is 0.771. The van der Waals surface area contributed by atoms with Gasteiger partial charge in [0.15, 0.2) is 0 Å². The summed E-state index contributed by atoms with van der Waals surface area (Å²) in [5.74, 6) is -0.689. The number of methoxy groups -OCH3 is 1. The first-order valence-corrected chi connectivity index (χ1v) is 7.50. The smallest absolute Gasteiger partial charge is 0.349 e. The number of carbonyl (C=O) groups is 1. The fourth-order valence-corrected chi connectivity index (χ4v) is 4.13. The number of carbonyl (C=O) groups excluding carboxylic acids is 1. The fourth-order valence-electron chi connectivity index (χ4n) is 1.30. The zero-order chi connectivity index (χ0) is 13.9. The summed E-state index contributed by atoms with van der Waals surface area (Å²) in [7, 11) is -2.64. The van der Waals surface area contributed by atoms with Gasteiger partial charge in [-0.2, -0.15) is 0 Å². The Kier molecular flexibility index (Phi) is 4.85. The second kappa shape index (κ2) is 5.79. The van der Waals surface area contributed by atoms with E-state index in [1.54, 1.807) is 12.3 Å². The van der Waals surface area contributed by atoms with Gasteiger partial charge in [0.2, 0.25) is 10.0 Å². The van der Waals surface area contributed by atoms with Gasteiger partial charge >= 0.3 is 5.97 Å². The molecule has 1 aromatic heterocycles. The van der Waals surface area contributed by atoms with Crippen LogP contribution in [0.4, 0.5) is 0 Å². The lowest BCUT2D eigenvalue weighted by molar-refractivity contribution is 0.0602. The largest absolute Gasteiger partial charge is 0.465 e. The third kappa shape index (κ3) is 3.29. The Morgan fingerprint density at radius 2 is 2.22 bits per heavy atom. The van der Waals surface area contributed by atoms with Gasteiger partial charge in [-0.3, -0.25) is 0 Å². The third-order valence-electron chi connectivity index (χ3n) is 2.13. The van der Waals surface area contributed by atoms with Crippen LogP contribution in [-0.2, 0) is 14.8 Å². The summed E-state index contributed by atoms with van der Waals surface area (Å²) < 4.78 is 30.9. The maximum atomic E-state index is 12.0. The van der Waals surface area contributed by atoms with Crippen molar-refractivity contribution in [1.29, 1.82) is 0 Å². The molecule has 0 fully saturated rings. The molecule has 0 aliphatic heterocycles. The molecule has 2 N–H and O–H groups in total. The number of ether oxygens (including phenoxy) is 1. The van der Waals surface area contributed by atoms with Crippen molar-refractivity contribution in [2.45, 2.75) is 24.8 Å². The SMILES string of the molecule is COC(=O)c1scc(C)c1S(=O)(=O)NC[C@H](C)O. The van der Waals surface area contributed by atoms with Crippen LogP contribution < -0.4 is 4.72 Å². The molecule has 0 aromatic carbocycles. The average molecular weight is 293 g/mol. The molecule has 0 aliphatic rings. The lowest BCUT2D eigenvalue weighted by Crippen LogP contribution is -2.31. The molecule has 8 heteroatoms. The van der Waals surface area contributed by atoms with Crippen LogP contribution >= 0.6 is 11.3 Å². The van der Waals surface area contributed by atoms with Gasteiger partial charge < -0.3 is 9.84 Å². The number of thiophene rings is 1. The van der Waals surface area contributed by atoms with Gasteiger partial charge in [-0.1, -0.05) is 0 Å². The monoisotopic (exact) mass is 293 g/mol. The normalized spacial score (nSPS) is 13.3. The molecule has 1 rings (SSSR count).